The number of hydrogen-bond donors (Lipinski definition) is 1. The minimum Gasteiger partial charge on any atom is -0.459 e. The molecule has 0 aliphatic carbocycles. The van der Waals surface area contributed by atoms with Gasteiger partial charge in [-0.2, -0.15) is 0 Å². The van der Waals surface area contributed by atoms with E-state index >= 15 is 0 Å². The fourth-order valence-corrected chi connectivity index (χ4v) is 3.68. The summed E-state index contributed by atoms with van der Waals surface area (Å²) in [6.07, 6.45) is -0.702. The number of nitrogens with one attached hydrogen (secondary N) is 1. The van der Waals surface area contributed by atoms with Crippen molar-refractivity contribution < 1.29 is 28.2 Å². The second-order valence-electron chi connectivity index (χ2n) is 9.86. The molecule has 8 heteroatoms. The lowest BCUT2D eigenvalue weighted by Gasteiger charge is -2.28. The summed E-state index contributed by atoms with van der Waals surface area (Å²) >= 11 is 0. The van der Waals surface area contributed by atoms with E-state index in [1.165, 1.54) is 17.0 Å². The Labute approximate surface area is 222 Å². The van der Waals surface area contributed by atoms with Gasteiger partial charge in [-0.1, -0.05) is 72.8 Å². The summed E-state index contributed by atoms with van der Waals surface area (Å²) in [5.41, 5.74) is 1.47. The molecule has 200 valence electrons. The van der Waals surface area contributed by atoms with E-state index in [2.05, 4.69) is 5.32 Å². The van der Waals surface area contributed by atoms with Gasteiger partial charge >= 0.3 is 12.1 Å². The molecule has 0 unspecified atom stereocenters. The third-order valence-corrected chi connectivity index (χ3v) is 5.43. The maximum Gasteiger partial charge on any atom is 0.408 e. The summed E-state index contributed by atoms with van der Waals surface area (Å²) in [5, 5.41) is 2.64. The number of hydrogen-bond acceptors (Lipinski definition) is 5. The SMILES string of the molecule is CC(C)(C)OC(=O)N[C@H](Cc1ccc(F)cc1)C(=O)N(CC(=O)OCc1ccccc1)Cc1ccccc1. The molecular weight excluding hydrogens is 487 g/mol. The van der Waals surface area contributed by atoms with Crippen LogP contribution in [0.2, 0.25) is 0 Å². The van der Waals surface area contributed by atoms with Crippen molar-refractivity contribution in [2.24, 2.45) is 0 Å². The highest BCUT2D eigenvalue weighted by atomic mass is 19.1. The van der Waals surface area contributed by atoms with Gasteiger partial charge in [0.1, 0.15) is 30.6 Å². The quantitative estimate of drug-likeness (QED) is 0.379. The Morgan fingerprint density at radius 3 is 2.00 bits per heavy atom. The van der Waals surface area contributed by atoms with Crippen LogP contribution in [0.4, 0.5) is 9.18 Å². The average Bonchev–Trinajstić information content (AvgIpc) is 2.88. The topological polar surface area (TPSA) is 84.9 Å². The van der Waals surface area contributed by atoms with Crippen LogP contribution in [0.15, 0.2) is 84.9 Å². The van der Waals surface area contributed by atoms with Gasteiger partial charge in [0, 0.05) is 13.0 Å². The van der Waals surface area contributed by atoms with Crippen molar-refractivity contribution in [1.82, 2.24) is 10.2 Å². The van der Waals surface area contributed by atoms with Crippen LogP contribution in [0.3, 0.4) is 0 Å². The van der Waals surface area contributed by atoms with Gasteiger partial charge in [-0.3, -0.25) is 9.59 Å². The monoisotopic (exact) mass is 520 g/mol. The van der Waals surface area contributed by atoms with E-state index in [4.69, 9.17) is 9.47 Å². The molecule has 2 amide bonds. The molecule has 3 aromatic rings. The number of rotatable bonds is 10. The van der Waals surface area contributed by atoms with Gasteiger partial charge in [-0.05, 0) is 49.6 Å². The lowest BCUT2D eigenvalue weighted by atomic mass is 10.0. The predicted octanol–water partition coefficient (Wildman–Crippen LogP) is 5.03. The molecule has 7 nitrogen and oxygen atoms in total. The Morgan fingerprint density at radius 1 is 0.842 bits per heavy atom. The van der Waals surface area contributed by atoms with E-state index in [0.29, 0.717) is 5.56 Å². The molecule has 0 spiro atoms. The van der Waals surface area contributed by atoms with Gasteiger partial charge in [0.25, 0.3) is 0 Å². The highest BCUT2D eigenvalue weighted by molar-refractivity contribution is 5.88. The van der Waals surface area contributed by atoms with Crippen molar-refractivity contribution in [2.45, 2.75) is 52.0 Å². The molecule has 1 atom stereocenters. The van der Waals surface area contributed by atoms with Crippen LogP contribution in [-0.2, 0) is 38.6 Å². The van der Waals surface area contributed by atoms with Crippen molar-refractivity contribution >= 4 is 18.0 Å². The maximum atomic E-state index is 13.8. The largest absolute Gasteiger partial charge is 0.459 e. The number of ether oxygens (including phenoxy) is 2. The zero-order valence-corrected chi connectivity index (χ0v) is 21.9. The first-order chi connectivity index (χ1) is 18.1. The number of esters is 1. The lowest BCUT2D eigenvalue weighted by Crippen LogP contribution is -2.51. The molecule has 0 heterocycles. The molecule has 0 aromatic heterocycles. The third kappa shape index (κ3) is 9.69. The van der Waals surface area contributed by atoms with Gasteiger partial charge in [-0.25, -0.2) is 9.18 Å². The highest BCUT2D eigenvalue weighted by Gasteiger charge is 2.30. The fourth-order valence-electron chi connectivity index (χ4n) is 3.68. The number of halogens is 1. The normalized spacial score (nSPS) is 11.8. The summed E-state index contributed by atoms with van der Waals surface area (Å²) in [5.74, 6) is -1.50. The Hall–Kier alpha value is -4.20. The van der Waals surface area contributed by atoms with Crippen LogP contribution in [0.25, 0.3) is 0 Å². The molecule has 0 radical (unpaired) electrons. The summed E-state index contributed by atoms with van der Waals surface area (Å²) in [6, 6.07) is 23.0. The summed E-state index contributed by atoms with van der Waals surface area (Å²) in [6.45, 7) is 5.02. The van der Waals surface area contributed by atoms with Crippen LogP contribution in [0.5, 0.6) is 0 Å². The van der Waals surface area contributed by atoms with Crippen molar-refractivity contribution in [3.8, 4) is 0 Å². The summed E-state index contributed by atoms with van der Waals surface area (Å²) < 4.78 is 24.3. The van der Waals surface area contributed by atoms with Crippen LogP contribution in [0.1, 0.15) is 37.5 Å². The third-order valence-electron chi connectivity index (χ3n) is 5.43. The van der Waals surface area contributed by atoms with Crippen molar-refractivity contribution in [2.75, 3.05) is 6.54 Å². The fraction of sp³-hybridized carbons (Fsp3) is 0.300. The van der Waals surface area contributed by atoms with Crippen LogP contribution in [-0.4, -0.2) is 41.1 Å². The molecule has 0 saturated carbocycles. The highest BCUT2D eigenvalue weighted by Crippen LogP contribution is 2.14. The number of amides is 2. The molecule has 0 bridgehead atoms. The van der Waals surface area contributed by atoms with Gasteiger partial charge < -0.3 is 19.7 Å². The molecule has 3 rings (SSSR count). The average molecular weight is 521 g/mol. The van der Waals surface area contributed by atoms with Gasteiger partial charge in [0.2, 0.25) is 5.91 Å². The molecule has 0 saturated heterocycles. The first kappa shape index (κ1) is 28.4. The van der Waals surface area contributed by atoms with Gasteiger partial charge in [0.05, 0.1) is 0 Å². The first-order valence-corrected chi connectivity index (χ1v) is 12.4. The lowest BCUT2D eigenvalue weighted by molar-refractivity contribution is -0.151. The first-order valence-electron chi connectivity index (χ1n) is 12.4. The zero-order valence-electron chi connectivity index (χ0n) is 21.9. The van der Waals surface area contributed by atoms with E-state index < -0.39 is 35.4 Å². The predicted molar refractivity (Wildman–Crippen MR) is 141 cm³/mol. The second kappa shape index (κ2) is 13.4. The molecule has 1 N–H and O–H groups in total. The van der Waals surface area contributed by atoms with Crippen LogP contribution < -0.4 is 5.32 Å². The van der Waals surface area contributed by atoms with E-state index in [1.807, 2.05) is 60.7 Å². The minimum atomic E-state index is -1.07. The van der Waals surface area contributed by atoms with Gasteiger partial charge in [-0.15, -0.1) is 0 Å². The molecule has 0 aliphatic heterocycles. The second-order valence-corrected chi connectivity index (χ2v) is 9.86. The van der Waals surface area contributed by atoms with Gasteiger partial charge in [0.15, 0.2) is 0 Å². The van der Waals surface area contributed by atoms with E-state index in [1.54, 1.807) is 32.9 Å². The maximum absolute atomic E-state index is 13.8. The number of carbonyl (C=O) groups excluding carboxylic acids is 3. The van der Waals surface area contributed by atoms with E-state index in [-0.39, 0.29) is 26.1 Å². The van der Waals surface area contributed by atoms with Crippen molar-refractivity contribution in [3.05, 3.63) is 107 Å². The van der Waals surface area contributed by atoms with Crippen LogP contribution in [0, 0.1) is 5.82 Å². The Morgan fingerprint density at radius 2 is 1.42 bits per heavy atom. The van der Waals surface area contributed by atoms with Crippen molar-refractivity contribution in [3.63, 3.8) is 0 Å². The van der Waals surface area contributed by atoms with Crippen LogP contribution >= 0.6 is 0 Å². The van der Waals surface area contributed by atoms with E-state index in [9.17, 15) is 18.8 Å². The summed E-state index contributed by atoms with van der Waals surface area (Å²) in [7, 11) is 0. The number of carbonyl (C=O) groups is 3. The zero-order chi connectivity index (χ0) is 27.5. The summed E-state index contributed by atoms with van der Waals surface area (Å²) in [4.78, 5) is 40.5. The molecule has 0 fully saturated rings. The van der Waals surface area contributed by atoms with Crippen molar-refractivity contribution in [1.29, 1.82) is 0 Å². The molecular formula is C30H33FN2O5. The Balaban J connectivity index is 1.81. The number of benzene rings is 3. The Kier molecular flexibility index (Phi) is 9.99. The Bertz CT molecular complexity index is 1190. The number of nitrogens with zero attached hydrogens (tertiary/aromatic N) is 1. The minimum absolute atomic E-state index is 0.0716. The standard InChI is InChI=1S/C30H33FN2O5/c1-30(2,3)38-29(36)32-26(18-22-14-16-25(31)17-15-22)28(35)33(19-23-10-6-4-7-11-23)20-27(34)37-21-24-12-8-5-9-13-24/h4-17,26H,18-21H2,1-3H3,(H,32,36)/t26-/m1/s1. The molecule has 0 aliphatic rings. The van der Waals surface area contributed by atoms with E-state index in [0.717, 1.165) is 11.1 Å². The number of alkyl carbamates (subject to hydrolysis) is 1. The molecule has 3 aromatic carbocycles. The molecule has 38 heavy (non-hydrogen) atoms. The smallest absolute Gasteiger partial charge is 0.408 e.